The normalized spacial score (nSPS) is 25.3. The number of aromatic nitrogens is 2. The number of hydrogen-bond donors (Lipinski definition) is 2. The van der Waals surface area contributed by atoms with Crippen molar-refractivity contribution >= 4 is 33.1 Å². The van der Waals surface area contributed by atoms with Crippen LogP contribution in [0.25, 0.3) is 10.3 Å². The van der Waals surface area contributed by atoms with Crippen molar-refractivity contribution in [2.24, 2.45) is 0 Å². The largest absolute Gasteiger partial charge is 0.491 e. The van der Waals surface area contributed by atoms with E-state index in [1.165, 1.54) is 6.42 Å². The van der Waals surface area contributed by atoms with Gasteiger partial charge in [0.05, 0.1) is 17.4 Å². The Bertz CT molecular complexity index is 1090. The summed E-state index contributed by atoms with van der Waals surface area (Å²) in [5.74, 6) is 0.498. The Labute approximate surface area is 172 Å². The quantitative estimate of drug-likeness (QED) is 0.691. The molecule has 29 heavy (non-hydrogen) atoms. The van der Waals surface area contributed by atoms with Crippen LogP contribution in [0.1, 0.15) is 17.7 Å². The van der Waals surface area contributed by atoms with Crippen LogP contribution in [-0.2, 0) is 6.42 Å². The molecule has 3 aromatic rings. The molecule has 0 aliphatic carbocycles. The van der Waals surface area contributed by atoms with Crippen molar-refractivity contribution in [3.63, 3.8) is 0 Å². The molecule has 8 heteroatoms. The Morgan fingerprint density at radius 2 is 2.14 bits per heavy atom. The van der Waals surface area contributed by atoms with E-state index in [9.17, 15) is 4.39 Å². The molecule has 150 valence electrons. The van der Waals surface area contributed by atoms with Crippen molar-refractivity contribution in [3.05, 3.63) is 40.8 Å². The summed E-state index contributed by atoms with van der Waals surface area (Å²) >= 11 is 1.57. The van der Waals surface area contributed by atoms with Crippen LogP contribution in [0.15, 0.2) is 23.7 Å². The maximum Gasteiger partial charge on any atom is 0.144 e. The number of aryl methyl sites for hydroxylation is 1. The lowest BCUT2D eigenvalue weighted by Gasteiger charge is -2.49. The van der Waals surface area contributed by atoms with Gasteiger partial charge >= 0.3 is 0 Å². The maximum atomic E-state index is 15.0. The van der Waals surface area contributed by atoms with Crippen LogP contribution in [-0.4, -0.2) is 47.8 Å². The molecule has 0 radical (unpaired) electrons. The third-order valence-electron chi connectivity index (χ3n) is 6.08. The van der Waals surface area contributed by atoms with E-state index >= 15 is 0 Å². The molecule has 6 heterocycles. The van der Waals surface area contributed by atoms with Gasteiger partial charge in [0.25, 0.3) is 0 Å². The molecule has 3 saturated heterocycles. The average Bonchev–Trinajstić information content (AvgIpc) is 3.09. The van der Waals surface area contributed by atoms with E-state index in [0.717, 1.165) is 40.5 Å². The highest BCUT2D eigenvalue weighted by Crippen LogP contribution is 2.36. The van der Waals surface area contributed by atoms with Crippen molar-refractivity contribution in [1.82, 2.24) is 15.3 Å². The van der Waals surface area contributed by atoms with Crippen LogP contribution in [0.3, 0.4) is 0 Å². The number of nitrogens with zero attached hydrogens (tertiary/aromatic N) is 3. The van der Waals surface area contributed by atoms with E-state index in [-0.39, 0.29) is 11.9 Å². The van der Waals surface area contributed by atoms with Gasteiger partial charge in [-0.05, 0) is 19.4 Å². The van der Waals surface area contributed by atoms with Gasteiger partial charge in [-0.25, -0.2) is 14.4 Å². The van der Waals surface area contributed by atoms with Gasteiger partial charge in [-0.1, -0.05) is 0 Å². The van der Waals surface area contributed by atoms with Gasteiger partial charge in [0, 0.05) is 60.5 Å². The van der Waals surface area contributed by atoms with E-state index in [0.29, 0.717) is 36.4 Å². The summed E-state index contributed by atoms with van der Waals surface area (Å²) in [5, 5.41) is 9.02. The average molecular weight is 412 g/mol. The molecule has 2 unspecified atom stereocenters. The lowest BCUT2D eigenvalue weighted by atomic mass is 9.90. The molecule has 4 aliphatic heterocycles. The van der Waals surface area contributed by atoms with E-state index in [2.05, 4.69) is 25.5 Å². The summed E-state index contributed by atoms with van der Waals surface area (Å²) in [4.78, 5) is 12.2. The lowest BCUT2D eigenvalue weighted by Crippen LogP contribution is -2.67. The minimum Gasteiger partial charge on any atom is -0.491 e. The number of hydrogen-bond acceptors (Lipinski definition) is 7. The number of thiophene rings is 1. The molecule has 1 aromatic carbocycles. The zero-order valence-corrected chi connectivity index (χ0v) is 16.9. The van der Waals surface area contributed by atoms with Crippen molar-refractivity contribution in [3.8, 4) is 5.75 Å². The third-order valence-corrected chi connectivity index (χ3v) is 6.94. The third kappa shape index (κ3) is 3.02. The number of anilines is 2. The Balaban J connectivity index is 1.22. The smallest absolute Gasteiger partial charge is 0.144 e. The zero-order valence-electron chi connectivity index (χ0n) is 16.1. The summed E-state index contributed by atoms with van der Waals surface area (Å²) in [7, 11) is 0. The first-order chi connectivity index (χ1) is 14.1. The number of piperidine rings is 1. The molecule has 3 fully saturated rings. The Morgan fingerprint density at radius 1 is 1.31 bits per heavy atom. The van der Waals surface area contributed by atoms with Gasteiger partial charge in [-0.15, -0.1) is 11.3 Å². The molecule has 7 rings (SSSR count). The number of piperazine rings is 1. The van der Waals surface area contributed by atoms with E-state index in [1.807, 2.05) is 18.4 Å². The molecule has 0 spiro atoms. The zero-order chi connectivity index (χ0) is 19.5. The predicted octanol–water partition coefficient (Wildman–Crippen LogP) is 3.10. The number of benzene rings is 1. The number of ether oxygens (including phenoxy) is 1. The van der Waals surface area contributed by atoms with Crippen molar-refractivity contribution in [2.45, 2.75) is 37.9 Å². The molecular formula is C21H22FN5OS. The van der Waals surface area contributed by atoms with Gasteiger partial charge in [0.2, 0.25) is 0 Å². The second-order valence-corrected chi connectivity index (χ2v) is 9.13. The predicted molar refractivity (Wildman–Crippen MR) is 113 cm³/mol. The SMILES string of the molecule is Cc1cnc2c(N[C@H]3COc4cc(N5CC6CC(C5)N6)cc(F)c4C3)csc2n1. The second-order valence-electron chi connectivity index (χ2n) is 8.28. The summed E-state index contributed by atoms with van der Waals surface area (Å²) < 4.78 is 21.0. The van der Waals surface area contributed by atoms with Crippen LogP contribution in [0.5, 0.6) is 5.75 Å². The monoisotopic (exact) mass is 411 g/mol. The molecule has 6 nitrogen and oxygen atoms in total. The topological polar surface area (TPSA) is 62.3 Å². The fraction of sp³-hybridized carbons (Fsp3) is 0.429. The van der Waals surface area contributed by atoms with Gasteiger partial charge in [0.1, 0.15) is 28.5 Å². The summed E-state index contributed by atoms with van der Waals surface area (Å²) in [6.45, 7) is 4.31. The van der Waals surface area contributed by atoms with E-state index in [1.54, 1.807) is 23.6 Å². The van der Waals surface area contributed by atoms with Crippen LogP contribution in [0, 0.1) is 12.7 Å². The van der Waals surface area contributed by atoms with Crippen molar-refractivity contribution in [1.29, 1.82) is 0 Å². The summed E-state index contributed by atoms with van der Waals surface area (Å²) in [5.41, 5.74) is 4.28. The molecule has 2 bridgehead atoms. The van der Waals surface area contributed by atoms with Crippen molar-refractivity contribution in [2.75, 3.05) is 29.9 Å². The summed E-state index contributed by atoms with van der Waals surface area (Å²) in [6.07, 6.45) is 3.59. The number of halogens is 1. The first kappa shape index (κ1) is 17.4. The Kier molecular flexibility index (Phi) is 3.92. The number of rotatable bonds is 3. The van der Waals surface area contributed by atoms with E-state index < -0.39 is 0 Å². The fourth-order valence-corrected chi connectivity index (χ4v) is 5.51. The number of nitrogens with one attached hydrogen (secondary N) is 2. The van der Waals surface area contributed by atoms with Gasteiger partial charge < -0.3 is 20.3 Å². The first-order valence-corrected chi connectivity index (χ1v) is 10.9. The molecule has 2 aromatic heterocycles. The maximum absolute atomic E-state index is 15.0. The highest BCUT2D eigenvalue weighted by molar-refractivity contribution is 7.17. The molecule has 0 saturated carbocycles. The van der Waals surface area contributed by atoms with Crippen LogP contribution >= 0.6 is 11.3 Å². The first-order valence-electron chi connectivity index (χ1n) is 10.1. The van der Waals surface area contributed by atoms with E-state index in [4.69, 9.17) is 4.74 Å². The minimum absolute atomic E-state index is 0.00409. The molecule has 0 amide bonds. The van der Waals surface area contributed by atoms with Gasteiger partial charge in [0.15, 0.2) is 0 Å². The highest BCUT2D eigenvalue weighted by atomic mass is 32.1. The van der Waals surface area contributed by atoms with Crippen molar-refractivity contribution < 1.29 is 9.13 Å². The molecule has 2 N–H and O–H groups in total. The lowest BCUT2D eigenvalue weighted by molar-refractivity contribution is 0.225. The molecule has 4 aliphatic rings. The number of fused-ring (bicyclic) bond motifs is 4. The second kappa shape index (κ2) is 6.53. The Hall–Kier alpha value is -2.45. The molecular weight excluding hydrogens is 389 g/mol. The minimum atomic E-state index is -0.179. The fourth-order valence-electron chi connectivity index (χ4n) is 4.63. The van der Waals surface area contributed by atoms with Crippen LogP contribution in [0.2, 0.25) is 0 Å². The van der Waals surface area contributed by atoms with Crippen LogP contribution < -0.4 is 20.3 Å². The Morgan fingerprint density at radius 3 is 2.97 bits per heavy atom. The molecule has 3 atom stereocenters. The van der Waals surface area contributed by atoms with Crippen LogP contribution in [0.4, 0.5) is 15.8 Å². The standard InChI is InChI=1S/C21H22FN5OS/c1-11-6-23-20-18(10-29-21(20)24-11)26-14-3-16-17(22)4-15(5-19(16)28-9-14)27-7-12-2-13(8-27)25-12/h4-6,10,12-14,25-26H,2-3,7-9H2,1H3/t12?,13?,14-/m1/s1. The summed E-state index contributed by atoms with van der Waals surface area (Å²) in [6, 6.07) is 4.75. The highest BCUT2D eigenvalue weighted by Gasteiger charge is 2.37. The van der Waals surface area contributed by atoms with Gasteiger partial charge in [-0.2, -0.15) is 0 Å². The van der Waals surface area contributed by atoms with Gasteiger partial charge in [-0.3, -0.25) is 0 Å².